The lowest BCUT2D eigenvalue weighted by atomic mass is 10.4. The third kappa shape index (κ3) is 3.93. The number of rotatable bonds is 4. The summed E-state index contributed by atoms with van der Waals surface area (Å²) in [6.45, 7) is 0.590. The number of hydrogen-bond donors (Lipinski definition) is 2. The van der Waals surface area contributed by atoms with Gasteiger partial charge in [-0.05, 0) is 28.1 Å². The van der Waals surface area contributed by atoms with Crippen LogP contribution in [0.5, 0.6) is 0 Å². The Morgan fingerprint density at radius 2 is 2.06 bits per heavy atom. The summed E-state index contributed by atoms with van der Waals surface area (Å²) in [6, 6.07) is 3.18. The number of amides is 2. The van der Waals surface area contributed by atoms with E-state index in [9.17, 15) is 9.59 Å². The molecule has 0 aliphatic heterocycles. The molecule has 7 heteroatoms. The van der Waals surface area contributed by atoms with Gasteiger partial charge in [-0.25, -0.2) is 4.79 Å². The van der Waals surface area contributed by atoms with Crippen LogP contribution in [-0.4, -0.2) is 32.2 Å². The molecule has 6 nitrogen and oxygen atoms in total. The lowest BCUT2D eigenvalue weighted by Crippen LogP contribution is -2.34. The van der Waals surface area contributed by atoms with Gasteiger partial charge in [-0.3, -0.25) is 4.79 Å². The highest BCUT2D eigenvalue weighted by molar-refractivity contribution is 9.10. The molecule has 1 aromatic heterocycles. The highest BCUT2D eigenvalue weighted by Crippen LogP contribution is 2.13. The lowest BCUT2D eigenvalue weighted by Gasteiger charge is -2.04. The van der Waals surface area contributed by atoms with Gasteiger partial charge in [0.1, 0.15) is 0 Å². The predicted octanol–water partition coefficient (Wildman–Crippen LogP) is 1.13. The molecule has 0 spiro atoms. The van der Waals surface area contributed by atoms with Gasteiger partial charge in [0.2, 0.25) is 0 Å². The normalized spacial score (nSPS) is 9.62. The van der Waals surface area contributed by atoms with Crippen molar-refractivity contribution < 1.29 is 18.7 Å². The van der Waals surface area contributed by atoms with Crippen LogP contribution in [0, 0.1) is 0 Å². The number of carbonyl (C=O) groups is 2. The van der Waals surface area contributed by atoms with Gasteiger partial charge in [0.15, 0.2) is 10.4 Å². The summed E-state index contributed by atoms with van der Waals surface area (Å²) >= 11 is 3.09. The Morgan fingerprint density at radius 3 is 2.62 bits per heavy atom. The van der Waals surface area contributed by atoms with Gasteiger partial charge in [0.05, 0.1) is 7.11 Å². The number of furan rings is 1. The second-order valence-electron chi connectivity index (χ2n) is 2.78. The van der Waals surface area contributed by atoms with E-state index in [2.05, 4.69) is 31.3 Å². The van der Waals surface area contributed by atoms with Crippen molar-refractivity contribution in [2.75, 3.05) is 20.2 Å². The minimum absolute atomic E-state index is 0.213. The maximum atomic E-state index is 11.4. The summed E-state index contributed by atoms with van der Waals surface area (Å²) in [5, 5.41) is 5.00. The monoisotopic (exact) mass is 290 g/mol. The van der Waals surface area contributed by atoms with E-state index in [0.29, 0.717) is 17.8 Å². The van der Waals surface area contributed by atoms with Gasteiger partial charge in [-0.15, -0.1) is 0 Å². The van der Waals surface area contributed by atoms with Crippen LogP contribution in [0.3, 0.4) is 0 Å². The first-order valence-electron chi connectivity index (χ1n) is 4.49. The molecule has 16 heavy (non-hydrogen) atoms. The first-order valence-corrected chi connectivity index (χ1v) is 5.28. The first-order chi connectivity index (χ1) is 7.63. The SMILES string of the molecule is COC(=O)NCCNC(=O)c1ccc(Br)o1. The molecule has 1 rings (SSSR count). The standard InChI is InChI=1S/C9H11BrN2O4/c1-15-9(14)12-5-4-11-8(13)6-2-3-7(10)16-6/h2-3H,4-5H2,1H3,(H,11,13)(H,12,14). The van der Waals surface area contributed by atoms with E-state index < -0.39 is 6.09 Å². The summed E-state index contributed by atoms with van der Waals surface area (Å²) in [7, 11) is 1.27. The fourth-order valence-corrected chi connectivity index (χ4v) is 1.24. The van der Waals surface area contributed by atoms with Gasteiger partial charge in [0.25, 0.3) is 5.91 Å². The predicted molar refractivity (Wildman–Crippen MR) is 59.1 cm³/mol. The topological polar surface area (TPSA) is 80.6 Å². The number of halogens is 1. The highest BCUT2D eigenvalue weighted by Gasteiger charge is 2.09. The van der Waals surface area contributed by atoms with Crippen molar-refractivity contribution >= 4 is 27.9 Å². The number of hydrogen-bond acceptors (Lipinski definition) is 4. The Balaban J connectivity index is 2.23. The van der Waals surface area contributed by atoms with Gasteiger partial charge in [0, 0.05) is 13.1 Å². The molecule has 2 N–H and O–H groups in total. The van der Waals surface area contributed by atoms with E-state index >= 15 is 0 Å². The lowest BCUT2D eigenvalue weighted by molar-refractivity contribution is 0.0924. The van der Waals surface area contributed by atoms with Crippen LogP contribution in [0.1, 0.15) is 10.6 Å². The van der Waals surface area contributed by atoms with Crippen LogP contribution < -0.4 is 10.6 Å². The van der Waals surface area contributed by atoms with Crippen molar-refractivity contribution in [3.05, 3.63) is 22.6 Å². The Bertz CT molecular complexity index is 377. The van der Waals surface area contributed by atoms with Crippen molar-refractivity contribution in [1.29, 1.82) is 0 Å². The third-order valence-corrected chi connectivity index (χ3v) is 2.09. The molecule has 0 atom stereocenters. The third-order valence-electron chi connectivity index (χ3n) is 1.66. The van der Waals surface area contributed by atoms with E-state index in [1.807, 2.05) is 0 Å². The van der Waals surface area contributed by atoms with E-state index in [1.54, 1.807) is 12.1 Å². The second kappa shape index (κ2) is 6.16. The molecule has 0 aliphatic rings. The maximum Gasteiger partial charge on any atom is 0.406 e. The smallest absolute Gasteiger partial charge is 0.406 e. The van der Waals surface area contributed by atoms with E-state index in [4.69, 9.17) is 4.42 Å². The summed E-state index contributed by atoms with van der Waals surface area (Å²) < 4.78 is 9.89. The number of ether oxygens (including phenoxy) is 1. The Labute approximate surface area is 100 Å². The van der Waals surface area contributed by atoms with E-state index in [-0.39, 0.29) is 11.7 Å². The quantitative estimate of drug-likeness (QED) is 0.815. The second-order valence-corrected chi connectivity index (χ2v) is 3.56. The van der Waals surface area contributed by atoms with Crippen LogP contribution >= 0.6 is 15.9 Å². The average Bonchev–Trinajstić information content (AvgIpc) is 2.70. The Hall–Kier alpha value is -1.50. The summed E-state index contributed by atoms with van der Waals surface area (Å²) in [5.74, 6) is -0.123. The van der Waals surface area contributed by atoms with Gasteiger partial charge in [-0.1, -0.05) is 0 Å². The fourth-order valence-electron chi connectivity index (χ4n) is 0.936. The summed E-state index contributed by atoms with van der Waals surface area (Å²) in [6.07, 6.45) is -0.532. The molecule has 2 amide bonds. The minimum atomic E-state index is -0.532. The molecule has 0 fully saturated rings. The van der Waals surface area contributed by atoms with Gasteiger partial charge < -0.3 is 19.8 Å². The number of carbonyl (C=O) groups excluding carboxylic acids is 2. The molecule has 0 radical (unpaired) electrons. The Kier molecular flexibility index (Phi) is 4.84. The molecule has 0 saturated heterocycles. The molecule has 88 valence electrons. The molecule has 0 bridgehead atoms. The minimum Gasteiger partial charge on any atom is -0.453 e. The zero-order valence-electron chi connectivity index (χ0n) is 8.58. The number of nitrogens with one attached hydrogen (secondary N) is 2. The fraction of sp³-hybridized carbons (Fsp3) is 0.333. The zero-order valence-corrected chi connectivity index (χ0v) is 10.2. The molecule has 1 aromatic rings. The van der Waals surface area contributed by atoms with E-state index in [0.717, 1.165) is 0 Å². The maximum absolute atomic E-state index is 11.4. The molecule has 1 heterocycles. The Morgan fingerprint density at radius 1 is 1.38 bits per heavy atom. The van der Waals surface area contributed by atoms with E-state index in [1.165, 1.54) is 7.11 Å². The zero-order chi connectivity index (χ0) is 12.0. The first kappa shape index (κ1) is 12.6. The highest BCUT2D eigenvalue weighted by atomic mass is 79.9. The largest absolute Gasteiger partial charge is 0.453 e. The van der Waals surface area contributed by atoms with Crippen LogP contribution in [-0.2, 0) is 4.74 Å². The molecule has 0 unspecified atom stereocenters. The molecular weight excluding hydrogens is 280 g/mol. The summed E-state index contributed by atoms with van der Waals surface area (Å²) in [4.78, 5) is 22.1. The number of methoxy groups -OCH3 is 1. The van der Waals surface area contributed by atoms with Crippen molar-refractivity contribution in [3.63, 3.8) is 0 Å². The van der Waals surface area contributed by atoms with Crippen LogP contribution in [0.2, 0.25) is 0 Å². The van der Waals surface area contributed by atoms with Crippen LogP contribution in [0.4, 0.5) is 4.79 Å². The molecular formula is C9H11BrN2O4. The van der Waals surface area contributed by atoms with Gasteiger partial charge in [-0.2, -0.15) is 0 Å². The summed E-state index contributed by atoms with van der Waals surface area (Å²) in [5.41, 5.74) is 0. The molecule has 0 saturated carbocycles. The van der Waals surface area contributed by atoms with Crippen molar-refractivity contribution in [3.8, 4) is 0 Å². The van der Waals surface area contributed by atoms with Crippen molar-refractivity contribution in [1.82, 2.24) is 10.6 Å². The molecule has 0 aromatic carbocycles. The molecule has 0 aliphatic carbocycles. The van der Waals surface area contributed by atoms with Crippen LogP contribution in [0.15, 0.2) is 21.2 Å². The van der Waals surface area contributed by atoms with Crippen molar-refractivity contribution in [2.45, 2.75) is 0 Å². The van der Waals surface area contributed by atoms with Crippen molar-refractivity contribution in [2.24, 2.45) is 0 Å². The average molecular weight is 291 g/mol. The van der Waals surface area contributed by atoms with Gasteiger partial charge >= 0.3 is 6.09 Å². The number of alkyl carbamates (subject to hydrolysis) is 1. The van der Waals surface area contributed by atoms with Crippen LogP contribution in [0.25, 0.3) is 0 Å².